The van der Waals surface area contributed by atoms with Crippen molar-refractivity contribution in [2.75, 3.05) is 12.3 Å². The number of halogens is 2. The average Bonchev–Trinajstić information content (AvgIpc) is 2.21. The predicted octanol–water partition coefficient (Wildman–Crippen LogP) is 2.26. The third kappa shape index (κ3) is 2.75. The maximum atomic E-state index is 11.3. The highest BCUT2D eigenvalue weighted by atomic mass is 35.5. The molecule has 0 bridgehead atoms. The smallest absolute Gasteiger partial charge is 0.339 e. The molecular formula is C9H6Cl2N2O2. The van der Waals surface area contributed by atoms with Crippen molar-refractivity contribution < 1.29 is 9.53 Å². The van der Waals surface area contributed by atoms with Gasteiger partial charge in [-0.2, -0.15) is 5.26 Å². The van der Waals surface area contributed by atoms with Gasteiger partial charge < -0.3 is 10.5 Å². The van der Waals surface area contributed by atoms with E-state index in [2.05, 4.69) is 4.74 Å². The second-order valence-corrected chi connectivity index (χ2v) is 3.38. The van der Waals surface area contributed by atoms with Crippen molar-refractivity contribution >= 4 is 34.9 Å². The molecule has 0 unspecified atom stereocenters. The zero-order valence-corrected chi connectivity index (χ0v) is 8.97. The van der Waals surface area contributed by atoms with Crippen molar-refractivity contribution in [1.29, 1.82) is 5.26 Å². The molecule has 0 aromatic heterocycles. The molecule has 15 heavy (non-hydrogen) atoms. The summed E-state index contributed by atoms with van der Waals surface area (Å²) >= 11 is 11.4. The third-order valence-corrected chi connectivity index (χ3v) is 2.38. The highest BCUT2D eigenvalue weighted by Gasteiger charge is 2.12. The van der Waals surface area contributed by atoms with E-state index in [1.165, 1.54) is 12.1 Å². The standard InChI is InChI=1S/C9H6Cl2N2O2/c10-6-3-5(4-7(13)8(6)11)9(14)15-2-1-12/h3-4H,2,13H2. The first-order valence-corrected chi connectivity index (χ1v) is 4.60. The number of nitrogens with zero attached hydrogens (tertiary/aromatic N) is 1. The van der Waals surface area contributed by atoms with Crippen molar-refractivity contribution in [1.82, 2.24) is 0 Å². The van der Waals surface area contributed by atoms with E-state index < -0.39 is 5.97 Å². The van der Waals surface area contributed by atoms with Crippen LogP contribution in [-0.2, 0) is 4.74 Å². The Hall–Kier alpha value is -1.44. The summed E-state index contributed by atoms with van der Waals surface area (Å²) in [6, 6.07) is 4.35. The average molecular weight is 245 g/mol. The molecule has 1 aromatic carbocycles. The van der Waals surface area contributed by atoms with Gasteiger partial charge in [-0.3, -0.25) is 0 Å². The Kier molecular flexibility index (Phi) is 3.78. The lowest BCUT2D eigenvalue weighted by molar-refractivity contribution is 0.0555. The molecule has 0 saturated heterocycles. The molecule has 0 atom stereocenters. The van der Waals surface area contributed by atoms with E-state index in [-0.39, 0.29) is 27.9 Å². The first-order valence-electron chi connectivity index (χ1n) is 3.85. The van der Waals surface area contributed by atoms with Crippen molar-refractivity contribution in [3.05, 3.63) is 27.7 Å². The maximum Gasteiger partial charge on any atom is 0.339 e. The Morgan fingerprint density at radius 1 is 1.53 bits per heavy atom. The molecule has 0 saturated carbocycles. The Bertz CT molecular complexity index is 417. The summed E-state index contributed by atoms with van der Waals surface area (Å²) in [6.45, 7) is -0.320. The number of esters is 1. The maximum absolute atomic E-state index is 11.3. The highest BCUT2D eigenvalue weighted by molar-refractivity contribution is 6.43. The highest BCUT2D eigenvalue weighted by Crippen LogP contribution is 2.29. The molecule has 1 aromatic rings. The van der Waals surface area contributed by atoms with E-state index in [1.807, 2.05) is 0 Å². The van der Waals surface area contributed by atoms with Crippen molar-refractivity contribution in [2.45, 2.75) is 0 Å². The van der Waals surface area contributed by atoms with Crippen LogP contribution < -0.4 is 5.73 Å². The monoisotopic (exact) mass is 244 g/mol. The lowest BCUT2D eigenvalue weighted by Gasteiger charge is -2.04. The van der Waals surface area contributed by atoms with Gasteiger partial charge in [0, 0.05) is 0 Å². The summed E-state index contributed by atoms with van der Waals surface area (Å²) in [4.78, 5) is 11.3. The van der Waals surface area contributed by atoms with Crippen LogP contribution in [0.15, 0.2) is 12.1 Å². The van der Waals surface area contributed by atoms with Crippen LogP contribution >= 0.6 is 23.2 Å². The van der Waals surface area contributed by atoms with Gasteiger partial charge >= 0.3 is 5.97 Å². The number of carbonyl (C=O) groups excluding carboxylic acids is 1. The van der Waals surface area contributed by atoms with E-state index in [9.17, 15) is 4.79 Å². The molecule has 0 fully saturated rings. The van der Waals surface area contributed by atoms with E-state index >= 15 is 0 Å². The molecule has 2 N–H and O–H groups in total. The molecule has 0 aliphatic heterocycles. The van der Waals surface area contributed by atoms with Gasteiger partial charge in [0.05, 0.1) is 21.3 Å². The quantitative estimate of drug-likeness (QED) is 0.640. The van der Waals surface area contributed by atoms with Crippen molar-refractivity contribution in [3.63, 3.8) is 0 Å². The number of nitriles is 1. The lowest BCUT2D eigenvalue weighted by atomic mass is 10.2. The second-order valence-electron chi connectivity index (χ2n) is 2.60. The van der Waals surface area contributed by atoms with Crippen LogP contribution in [0.25, 0.3) is 0 Å². The number of nitrogens with two attached hydrogens (primary N) is 1. The Balaban J connectivity index is 2.97. The van der Waals surface area contributed by atoms with E-state index in [4.69, 9.17) is 34.2 Å². The first kappa shape index (κ1) is 11.6. The summed E-state index contributed by atoms with van der Waals surface area (Å²) < 4.78 is 4.57. The van der Waals surface area contributed by atoms with Gasteiger partial charge in [0.2, 0.25) is 0 Å². The summed E-state index contributed by atoms with van der Waals surface area (Å²) in [7, 11) is 0. The topological polar surface area (TPSA) is 76.1 Å². The number of hydrogen-bond acceptors (Lipinski definition) is 4. The number of ether oxygens (including phenoxy) is 1. The molecule has 0 radical (unpaired) electrons. The largest absolute Gasteiger partial charge is 0.447 e. The fourth-order valence-electron chi connectivity index (χ4n) is 0.909. The van der Waals surface area contributed by atoms with E-state index in [1.54, 1.807) is 6.07 Å². The number of nitrogen functional groups attached to an aromatic ring is 1. The minimum atomic E-state index is -0.665. The number of anilines is 1. The molecular weight excluding hydrogens is 239 g/mol. The van der Waals surface area contributed by atoms with Gasteiger partial charge in [0.15, 0.2) is 6.61 Å². The second kappa shape index (κ2) is 4.87. The van der Waals surface area contributed by atoms with Gasteiger partial charge in [-0.25, -0.2) is 4.79 Å². The molecule has 0 aliphatic rings. The number of benzene rings is 1. The molecule has 0 aliphatic carbocycles. The van der Waals surface area contributed by atoms with Crippen LogP contribution in [0.3, 0.4) is 0 Å². The normalized spacial score (nSPS) is 9.40. The molecule has 4 nitrogen and oxygen atoms in total. The SMILES string of the molecule is N#CCOC(=O)c1cc(N)c(Cl)c(Cl)c1. The summed E-state index contributed by atoms with van der Waals surface area (Å²) in [5.41, 5.74) is 5.85. The van der Waals surface area contributed by atoms with E-state index in [0.29, 0.717) is 0 Å². The van der Waals surface area contributed by atoms with Gasteiger partial charge in [-0.1, -0.05) is 23.2 Å². The van der Waals surface area contributed by atoms with Crippen LogP contribution in [0.5, 0.6) is 0 Å². The molecule has 78 valence electrons. The zero-order valence-electron chi connectivity index (χ0n) is 7.46. The predicted molar refractivity (Wildman–Crippen MR) is 56.8 cm³/mol. The fraction of sp³-hybridized carbons (Fsp3) is 0.111. The van der Waals surface area contributed by atoms with Gasteiger partial charge in [-0.15, -0.1) is 0 Å². The first-order chi connectivity index (χ1) is 7.06. The van der Waals surface area contributed by atoms with Crippen molar-refractivity contribution in [2.24, 2.45) is 0 Å². The molecule has 0 amide bonds. The van der Waals surface area contributed by atoms with Crippen LogP contribution in [-0.4, -0.2) is 12.6 Å². The van der Waals surface area contributed by atoms with Crippen LogP contribution in [0.1, 0.15) is 10.4 Å². The Morgan fingerprint density at radius 3 is 2.73 bits per heavy atom. The lowest BCUT2D eigenvalue weighted by Crippen LogP contribution is -2.06. The summed E-state index contributed by atoms with van der Waals surface area (Å²) in [6.07, 6.45) is 0. The van der Waals surface area contributed by atoms with Gasteiger partial charge in [0.25, 0.3) is 0 Å². The minimum Gasteiger partial charge on any atom is -0.447 e. The molecule has 0 spiro atoms. The van der Waals surface area contributed by atoms with Crippen LogP contribution in [0.2, 0.25) is 10.0 Å². The van der Waals surface area contributed by atoms with Gasteiger partial charge in [-0.05, 0) is 12.1 Å². The summed E-state index contributed by atoms with van der Waals surface area (Å²) in [5.74, 6) is -0.665. The Labute approximate surface area is 96.1 Å². The third-order valence-electron chi connectivity index (χ3n) is 1.56. The Morgan fingerprint density at radius 2 is 2.20 bits per heavy atom. The number of hydrogen-bond donors (Lipinski definition) is 1. The number of rotatable bonds is 2. The zero-order chi connectivity index (χ0) is 11.4. The van der Waals surface area contributed by atoms with Crippen LogP contribution in [0.4, 0.5) is 5.69 Å². The van der Waals surface area contributed by atoms with Crippen LogP contribution in [0, 0.1) is 11.3 Å². The fourth-order valence-corrected chi connectivity index (χ4v) is 1.25. The minimum absolute atomic E-state index is 0.164. The molecule has 0 heterocycles. The van der Waals surface area contributed by atoms with Gasteiger partial charge in [0.1, 0.15) is 6.07 Å². The molecule has 1 rings (SSSR count). The number of carbonyl (C=O) groups is 1. The van der Waals surface area contributed by atoms with E-state index in [0.717, 1.165) is 0 Å². The van der Waals surface area contributed by atoms with Crippen molar-refractivity contribution in [3.8, 4) is 6.07 Å². The molecule has 6 heteroatoms. The summed E-state index contributed by atoms with van der Waals surface area (Å²) in [5, 5.41) is 8.57.